The van der Waals surface area contributed by atoms with E-state index >= 15 is 0 Å². The summed E-state index contributed by atoms with van der Waals surface area (Å²) in [6, 6.07) is 20.0. The Kier molecular flexibility index (Phi) is 2.12. The molecule has 0 N–H and O–H groups in total. The van der Waals surface area contributed by atoms with E-state index in [1.165, 1.54) is 0 Å². The molecule has 3 aromatic rings. The number of nitrogens with zero attached hydrogens (tertiary/aromatic N) is 2. The average Bonchev–Trinajstić information content (AvgIpc) is 2.49. The molecule has 0 amide bonds. The Morgan fingerprint density at radius 2 is 1.16 bits per heavy atom. The van der Waals surface area contributed by atoms with E-state index in [2.05, 4.69) is 9.97 Å². The lowest BCUT2D eigenvalue weighted by Crippen LogP contribution is -2.09. The maximum atomic E-state index is 5.44. The van der Waals surface area contributed by atoms with Gasteiger partial charge in [-0.05, 0) is 5.56 Å². The van der Waals surface area contributed by atoms with Crippen molar-refractivity contribution in [2.45, 2.75) is 0 Å². The van der Waals surface area contributed by atoms with Crippen LogP contribution in [-0.4, -0.2) is 9.97 Å². The molecule has 0 spiro atoms. The number of hydrogen-bond acceptors (Lipinski definition) is 3. The third kappa shape index (κ3) is 1.59. The minimum absolute atomic E-state index is 0.662. The summed E-state index contributed by atoms with van der Waals surface area (Å²) < 4.78 is 5.44. The van der Waals surface area contributed by atoms with Crippen LogP contribution in [0.3, 0.4) is 0 Å². The molecule has 3 heteroatoms. The first-order valence-electron chi connectivity index (χ1n) is 6.12. The molecule has 19 heavy (non-hydrogen) atoms. The van der Waals surface area contributed by atoms with Gasteiger partial charge in [-0.15, -0.1) is 0 Å². The Labute approximate surface area is 110 Å². The monoisotopic (exact) mass is 246 g/mol. The summed E-state index contributed by atoms with van der Waals surface area (Å²) in [6.45, 7) is 0. The van der Waals surface area contributed by atoms with E-state index in [0.717, 1.165) is 22.5 Å². The Bertz CT molecular complexity index is 716. The summed E-state index contributed by atoms with van der Waals surface area (Å²) in [5, 5.41) is 0. The van der Waals surface area contributed by atoms with E-state index in [-0.39, 0.29) is 0 Å². The van der Waals surface area contributed by atoms with E-state index in [0.29, 0.717) is 11.8 Å². The predicted octanol–water partition coefficient (Wildman–Crippen LogP) is 3.92. The number of benzene rings is 2. The molecule has 0 aliphatic carbocycles. The zero-order valence-electron chi connectivity index (χ0n) is 10.1. The first kappa shape index (κ1) is 10.3. The molecule has 2 aromatic carbocycles. The lowest BCUT2D eigenvalue weighted by Gasteiger charge is -2.22. The summed E-state index contributed by atoms with van der Waals surface area (Å²) >= 11 is 0. The van der Waals surface area contributed by atoms with Crippen LogP contribution >= 0.6 is 0 Å². The van der Waals surface area contributed by atoms with Crippen molar-refractivity contribution in [1.29, 1.82) is 0 Å². The first-order valence-corrected chi connectivity index (χ1v) is 6.12. The molecular formula is C16H10N2O. The highest BCUT2D eigenvalue weighted by atomic mass is 16.5. The third-order valence-corrected chi connectivity index (χ3v) is 3.13. The molecule has 3 heterocycles. The molecule has 90 valence electrons. The fourth-order valence-electron chi connectivity index (χ4n) is 2.18. The molecular weight excluding hydrogens is 236 g/mol. The average molecular weight is 246 g/mol. The lowest BCUT2D eigenvalue weighted by atomic mass is 10.1. The second-order valence-corrected chi connectivity index (χ2v) is 4.37. The van der Waals surface area contributed by atoms with Gasteiger partial charge in [0.25, 0.3) is 0 Å². The quantitative estimate of drug-likeness (QED) is 0.537. The van der Waals surface area contributed by atoms with Crippen molar-refractivity contribution in [2.24, 2.45) is 0 Å². The summed E-state index contributed by atoms with van der Waals surface area (Å²) in [5.41, 5.74) is 3.10. The lowest BCUT2D eigenvalue weighted by molar-refractivity contribution is 0.399. The molecule has 2 bridgehead atoms. The molecule has 0 saturated heterocycles. The van der Waals surface area contributed by atoms with Gasteiger partial charge in [0, 0.05) is 5.56 Å². The topological polar surface area (TPSA) is 35.0 Å². The number of rotatable bonds is 2. The number of fused-ring (bicyclic) bond motifs is 2. The van der Waals surface area contributed by atoms with Gasteiger partial charge < -0.3 is 4.74 Å². The van der Waals surface area contributed by atoms with Gasteiger partial charge in [-0.25, -0.2) is 0 Å². The minimum atomic E-state index is 0.662. The molecule has 3 nitrogen and oxygen atoms in total. The predicted molar refractivity (Wildman–Crippen MR) is 73.0 cm³/mol. The van der Waals surface area contributed by atoms with E-state index in [1.54, 1.807) is 0 Å². The number of aromatic nitrogens is 2. The molecule has 0 fully saturated rings. The third-order valence-electron chi connectivity index (χ3n) is 3.13. The zero-order chi connectivity index (χ0) is 12.7. The highest BCUT2D eigenvalue weighted by Gasteiger charge is 2.28. The SMILES string of the molecule is c1ccc(-c2nc3c(-c4ccccc4)c(n2)O3)cc1. The van der Waals surface area contributed by atoms with Crippen LogP contribution in [0.5, 0.6) is 11.8 Å². The second kappa shape index (κ2) is 3.92. The number of hydrogen-bond donors (Lipinski definition) is 0. The first-order chi connectivity index (χ1) is 9.42. The van der Waals surface area contributed by atoms with Crippen LogP contribution < -0.4 is 4.74 Å². The highest BCUT2D eigenvalue weighted by Crippen LogP contribution is 2.47. The number of ether oxygens (including phenoxy) is 1. The van der Waals surface area contributed by atoms with Gasteiger partial charge in [0.2, 0.25) is 11.8 Å². The second-order valence-electron chi connectivity index (χ2n) is 4.37. The Hall–Kier alpha value is -2.68. The van der Waals surface area contributed by atoms with E-state index in [4.69, 9.17) is 4.74 Å². The molecule has 5 rings (SSSR count). The maximum Gasteiger partial charge on any atom is 0.236 e. The normalized spacial score (nSPS) is 11.6. The fourth-order valence-corrected chi connectivity index (χ4v) is 2.18. The summed E-state index contributed by atoms with van der Waals surface area (Å²) in [7, 11) is 0. The van der Waals surface area contributed by atoms with Crippen molar-refractivity contribution in [2.75, 3.05) is 0 Å². The van der Waals surface area contributed by atoms with Gasteiger partial charge in [-0.2, -0.15) is 9.97 Å². The van der Waals surface area contributed by atoms with E-state index in [1.807, 2.05) is 60.7 Å². The minimum Gasteiger partial charge on any atom is -0.419 e. The Morgan fingerprint density at radius 1 is 0.632 bits per heavy atom. The van der Waals surface area contributed by atoms with Crippen LogP contribution in [0, 0.1) is 0 Å². The molecule has 0 radical (unpaired) electrons. The van der Waals surface area contributed by atoms with Crippen LogP contribution in [0.4, 0.5) is 0 Å². The molecule has 0 unspecified atom stereocenters. The van der Waals surface area contributed by atoms with E-state index < -0.39 is 0 Å². The van der Waals surface area contributed by atoms with Crippen LogP contribution in [-0.2, 0) is 0 Å². The Balaban J connectivity index is 1.81. The van der Waals surface area contributed by atoms with Crippen LogP contribution in [0.1, 0.15) is 0 Å². The summed E-state index contributed by atoms with van der Waals surface area (Å²) in [4.78, 5) is 8.93. The van der Waals surface area contributed by atoms with Crippen molar-refractivity contribution in [3.05, 3.63) is 60.7 Å². The van der Waals surface area contributed by atoms with Gasteiger partial charge in [-0.1, -0.05) is 60.7 Å². The molecule has 0 atom stereocenters. The van der Waals surface area contributed by atoms with Gasteiger partial charge in [0.15, 0.2) is 5.82 Å². The van der Waals surface area contributed by atoms with Crippen molar-refractivity contribution >= 4 is 0 Å². The van der Waals surface area contributed by atoms with Crippen LogP contribution in [0.2, 0.25) is 0 Å². The van der Waals surface area contributed by atoms with Gasteiger partial charge in [0.05, 0.1) is 0 Å². The maximum absolute atomic E-state index is 5.44. The van der Waals surface area contributed by atoms with Crippen molar-refractivity contribution in [1.82, 2.24) is 9.97 Å². The van der Waals surface area contributed by atoms with Gasteiger partial charge >= 0.3 is 0 Å². The van der Waals surface area contributed by atoms with Crippen LogP contribution in [0.15, 0.2) is 60.7 Å². The zero-order valence-corrected chi connectivity index (χ0v) is 10.1. The van der Waals surface area contributed by atoms with E-state index in [9.17, 15) is 0 Å². The summed E-state index contributed by atoms with van der Waals surface area (Å²) in [5.74, 6) is 2.04. The smallest absolute Gasteiger partial charge is 0.236 e. The van der Waals surface area contributed by atoms with Crippen LogP contribution in [0.25, 0.3) is 22.5 Å². The van der Waals surface area contributed by atoms with Crippen molar-refractivity contribution in [3.8, 4) is 34.3 Å². The van der Waals surface area contributed by atoms with Gasteiger partial charge in [0.1, 0.15) is 5.56 Å². The standard InChI is InChI=1S/C16H10N2O/c1-3-7-11(8-4-1)13-15-17-14(18-16(13)19-15)12-9-5-2-6-10-12/h1-10H. The van der Waals surface area contributed by atoms with Crippen molar-refractivity contribution in [3.63, 3.8) is 0 Å². The molecule has 1 aromatic heterocycles. The largest absolute Gasteiger partial charge is 0.419 e. The summed E-state index contributed by atoms with van der Waals surface area (Å²) in [6.07, 6.45) is 0. The van der Waals surface area contributed by atoms with Gasteiger partial charge in [-0.3, -0.25) is 0 Å². The highest BCUT2D eigenvalue weighted by molar-refractivity contribution is 5.80. The van der Waals surface area contributed by atoms with Crippen molar-refractivity contribution < 1.29 is 4.74 Å². The fraction of sp³-hybridized carbons (Fsp3) is 0. The molecule has 0 saturated carbocycles. The molecule has 2 aliphatic rings. The molecule has 2 aliphatic heterocycles. The Morgan fingerprint density at radius 3 is 1.74 bits per heavy atom.